The van der Waals surface area contributed by atoms with E-state index in [0.29, 0.717) is 12.2 Å². The van der Waals surface area contributed by atoms with E-state index in [0.717, 1.165) is 12.8 Å². The molecule has 1 saturated heterocycles. The third-order valence-electron chi connectivity index (χ3n) is 3.46. The van der Waals surface area contributed by atoms with Crippen molar-refractivity contribution in [1.82, 2.24) is 4.90 Å². The molecule has 0 radical (unpaired) electrons. The molecule has 0 saturated carbocycles. The lowest BCUT2D eigenvalue weighted by atomic mass is 10.1. The number of hydrogen-bond acceptors (Lipinski definition) is 3. The Morgan fingerprint density at radius 1 is 1.48 bits per heavy atom. The summed E-state index contributed by atoms with van der Waals surface area (Å²) in [6.07, 6.45) is 1.70. The molecule has 5 nitrogen and oxygen atoms in total. The first-order chi connectivity index (χ1) is 9.95. The number of benzene rings is 1. The minimum Gasteiger partial charge on any atom is -0.481 e. The van der Waals surface area contributed by atoms with Crippen LogP contribution < -0.4 is 5.32 Å². The fraction of sp³-hybridized carbons (Fsp3) is 0.429. The van der Waals surface area contributed by atoms with E-state index in [-0.39, 0.29) is 29.9 Å². The Bertz CT molecular complexity index is 553. The van der Waals surface area contributed by atoms with Crippen molar-refractivity contribution in [1.29, 1.82) is 0 Å². The summed E-state index contributed by atoms with van der Waals surface area (Å²) in [6.45, 7) is 0.822. The molecule has 1 amide bonds. The highest BCUT2D eigenvalue weighted by Gasteiger charge is 2.27. The number of anilines is 1. The van der Waals surface area contributed by atoms with Crippen LogP contribution in [0.2, 0.25) is 5.02 Å². The fourth-order valence-electron chi connectivity index (χ4n) is 2.49. The molecule has 1 heterocycles. The Balaban J connectivity index is 1.91. The van der Waals surface area contributed by atoms with Crippen molar-refractivity contribution in [3.63, 3.8) is 0 Å². The Kier molecular flexibility index (Phi) is 5.14. The molecular weight excluding hydrogens is 299 g/mol. The lowest BCUT2D eigenvalue weighted by Crippen LogP contribution is -2.37. The van der Waals surface area contributed by atoms with Gasteiger partial charge in [-0.25, -0.2) is 4.39 Å². The maximum Gasteiger partial charge on any atom is 0.304 e. The smallest absolute Gasteiger partial charge is 0.304 e. The summed E-state index contributed by atoms with van der Waals surface area (Å²) < 4.78 is 13.0. The molecule has 1 aromatic rings. The van der Waals surface area contributed by atoms with Crippen LogP contribution in [0.5, 0.6) is 0 Å². The van der Waals surface area contributed by atoms with Crippen LogP contribution in [0.4, 0.5) is 10.1 Å². The predicted octanol–water partition coefficient (Wildman–Crippen LogP) is 2.36. The van der Waals surface area contributed by atoms with Crippen LogP contribution in [-0.4, -0.2) is 41.0 Å². The molecule has 21 heavy (non-hydrogen) atoms. The van der Waals surface area contributed by atoms with Gasteiger partial charge in [0.1, 0.15) is 5.82 Å². The summed E-state index contributed by atoms with van der Waals surface area (Å²) in [7, 11) is 0. The Morgan fingerprint density at radius 2 is 2.24 bits per heavy atom. The van der Waals surface area contributed by atoms with Gasteiger partial charge in [-0.3, -0.25) is 14.5 Å². The number of aliphatic carboxylic acids is 1. The average Bonchev–Trinajstić information content (AvgIpc) is 2.80. The summed E-state index contributed by atoms with van der Waals surface area (Å²) in [5.74, 6) is -1.68. The molecule has 1 unspecified atom stereocenters. The van der Waals surface area contributed by atoms with E-state index in [9.17, 15) is 14.0 Å². The average molecular weight is 315 g/mol. The highest BCUT2D eigenvalue weighted by Crippen LogP contribution is 2.21. The lowest BCUT2D eigenvalue weighted by Gasteiger charge is -2.22. The van der Waals surface area contributed by atoms with E-state index in [1.807, 2.05) is 4.90 Å². The summed E-state index contributed by atoms with van der Waals surface area (Å²) in [4.78, 5) is 24.6. The lowest BCUT2D eigenvalue weighted by molar-refractivity contribution is -0.138. The number of carboxylic acid groups (broad SMARTS) is 1. The molecule has 2 N–H and O–H groups in total. The van der Waals surface area contributed by atoms with E-state index in [1.165, 1.54) is 18.2 Å². The molecule has 2 rings (SSSR count). The van der Waals surface area contributed by atoms with Crippen LogP contribution in [-0.2, 0) is 9.59 Å². The highest BCUT2D eigenvalue weighted by atomic mass is 35.5. The minimum absolute atomic E-state index is 0.0374. The van der Waals surface area contributed by atoms with Crippen LogP contribution >= 0.6 is 11.6 Å². The van der Waals surface area contributed by atoms with Crippen LogP contribution in [0.25, 0.3) is 0 Å². The number of carbonyl (C=O) groups is 2. The molecule has 0 aromatic heterocycles. The summed E-state index contributed by atoms with van der Waals surface area (Å²) in [5.41, 5.74) is 0.417. The van der Waals surface area contributed by atoms with E-state index < -0.39 is 11.8 Å². The number of carbonyl (C=O) groups excluding carboxylic acids is 1. The molecule has 1 fully saturated rings. The van der Waals surface area contributed by atoms with Crippen molar-refractivity contribution in [2.45, 2.75) is 25.3 Å². The number of nitrogens with zero attached hydrogens (tertiary/aromatic N) is 1. The molecule has 1 atom stereocenters. The van der Waals surface area contributed by atoms with Crippen LogP contribution in [0, 0.1) is 5.82 Å². The molecule has 1 aliphatic rings. The number of hydrogen-bond donors (Lipinski definition) is 2. The van der Waals surface area contributed by atoms with Crippen molar-refractivity contribution in [3.05, 3.63) is 29.0 Å². The molecular formula is C14H16ClFN2O3. The molecule has 114 valence electrons. The Labute approximate surface area is 126 Å². The van der Waals surface area contributed by atoms with Gasteiger partial charge in [-0.2, -0.15) is 0 Å². The maximum atomic E-state index is 13.0. The van der Waals surface area contributed by atoms with Gasteiger partial charge in [-0.05, 0) is 37.6 Å². The number of likely N-dealkylation sites (tertiary alicyclic amines) is 1. The van der Waals surface area contributed by atoms with Crippen molar-refractivity contribution in [3.8, 4) is 0 Å². The quantitative estimate of drug-likeness (QED) is 0.875. The standard InChI is InChI=1S/C14H16ClFN2O3/c15-11-6-9(3-4-12(11)16)17-13(19)8-18-5-1-2-10(18)7-14(20)21/h3-4,6,10H,1-2,5,7-8H2,(H,17,19)(H,20,21). The summed E-state index contributed by atoms with van der Waals surface area (Å²) in [5, 5.41) is 11.4. The minimum atomic E-state index is -0.863. The Morgan fingerprint density at radius 3 is 2.90 bits per heavy atom. The first kappa shape index (κ1) is 15.7. The molecule has 0 aliphatic carbocycles. The molecule has 7 heteroatoms. The van der Waals surface area contributed by atoms with E-state index in [4.69, 9.17) is 16.7 Å². The zero-order valence-electron chi connectivity index (χ0n) is 11.3. The molecule has 0 bridgehead atoms. The number of rotatable bonds is 5. The van der Waals surface area contributed by atoms with Gasteiger partial charge in [0.25, 0.3) is 0 Å². The number of nitrogens with one attached hydrogen (secondary N) is 1. The molecule has 0 spiro atoms. The number of halogens is 2. The Hall–Kier alpha value is -1.66. The van der Waals surface area contributed by atoms with Gasteiger partial charge in [-0.15, -0.1) is 0 Å². The second kappa shape index (κ2) is 6.87. The zero-order valence-corrected chi connectivity index (χ0v) is 12.1. The highest BCUT2D eigenvalue weighted by molar-refractivity contribution is 6.31. The van der Waals surface area contributed by atoms with Crippen LogP contribution in [0.1, 0.15) is 19.3 Å². The normalized spacial score (nSPS) is 18.7. The first-order valence-corrected chi connectivity index (χ1v) is 7.04. The van der Waals surface area contributed by atoms with Crippen molar-refractivity contribution < 1.29 is 19.1 Å². The van der Waals surface area contributed by atoms with E-state index >= 15 is 0 Å². The third-order valence-corrected chi connectivity index (χ3v) is 3.75. The van der Waals surface area contributed by atoms with Gasteiger partial charge in [-0.1, -0.05) is 11.6 Å². The second-order valence-electron chi connectivity index (χ2n) is 5.04. The summed E-state index contributed by atoms with van der Waals surface area (Å²) in [6, 6.07) is 3.84. The zero-order chi connectivity index (χ0) is 15.4. The van der Waals surface area contributed by atoms with Crippen LogP contribution in [0.15, 0.2) is 18.2 Å². The number of carboxylic acids is 1. The summed E-state index contributed by atoms with van der Waals surface area (Å²) >= 11 is 5.65. The van der Waals surface area contributed by atoms with E-state index in [2.05, 4.69) is 5.32 Å². The van der Waals surface area contributed by atoms with Gasteiger partial charge in [0.15, 0.2) is 0 Å². The SMILES string of the molecule is O=C(O)CC1CCCN1CC(=O)Nc1ccc(F)c(Cl)c1. The topological polar surface area (TPSA) is 69.6 Å². The van der Waals surface area contributed by atoms with Crippen molar-refractivity contribution in [2.75, 3.05) is 18.4 Å². The van der Waals surface area contributed by atoms with Gasteiger partial charge in [0.05, 0.1) is 18.0 Å². The fourth-order valence-corrected chi connectivity index (χ4v) is 2.68. The van der Waals surface area contributed by atoms with Gasteiger partial charge >= 0.3 is 5.97 Å². The van der Waals surface area contributed by atoms with Gasteiger partial charge in [0, 0.05) is 11.7 Å². The van der Waals surface area contributed by atoms with E-state index in [1.54, 1.807) is 0 Å². The third kappa shape index (κ3) is 4.41. The molecule has 1 aromatic carbocycles. The second-order valence-corrected chi connectivity index (χ2v) is 5.45. The predicted molar refractivity (Wildman–Crippen MR) is 76.9 cm³/mol. The largest absolute Gasteiger partial charge is 0.481 e. The van der Waals surface area contributed by atoms with Crippen molar-refractivity contribution >= 4 is 29.2 Å². The maximum absolute atomic E-state index is 13.0. The van der Waals surface area contributed by atoms with Gasteiger partial charge in [0.2, 0.25) is 5.91 Å². The number of amides is 1. The molecule has 1 aliphatic heterocycles. The first-order valence-electron chi connectivity index (χ1n) is 6.66. The van der Waals surface area contributed by atoms with Crippen LogP contribution in [0.3, 0.4) is 0 Å². The monoisotopic (exact) mass is 314 g/mol. The van der Waals surface area contributed by atoms with Crippen molar-refractivity contribution in [2.24, 2.45) is 0 Å². The van der Waals surface area contributed by atoms with Gasteiger partial charge < -0.3 is 10.4 Å².